The maximum atomic E-state index is 12.3. The minimum atomic E-state index is -0.0458. The van der Waals surface area contributed by atoms with Crippen LogP contribution in [-0.4, -0.2) is 55.5 Å². The molecule has 2 heterocycles. The van der Waals surface area contributed by atoms with Gasteiger partial charge < -0.3 is 19.9 Å². The Kier molecular flexibility index (Phi) is 7.92. The lowest BCUT2D eigenvalue weighted by Crippen LogP contribution is -2.41. The van der Waals surface area contributed by atoms with Gasteiger partial charge in [0.2, 0.25) is 5.91 Å². The summed E-state index contributed by atoms with van der Waals surface area (Å²) in [6, 6.07) is 6.57. The molecule has 1 saturated heterocycles. The summed E-state index contributed by atoms with van der Waals surface area (Å²) in [5, 5.41) is 3.04. The quantitative estimate of drug-likeness (QED) is 0.645. The number of hydrogen-bond donors (Lipinski definition) is 1. The predicted molar refractivity (Wildman–Crippen MR) is 115 cm³/mol. The van der Waals surface area contributed by atoms with Crippen molar-refractivity contribution in [1.29, 1.82) is 0 Å². The molecule has 29 heavy (non-hydrogen) atoms. The summed E-state index contributed by atoms with van der Waals surface area (Å²) in [5.41, 5.74) is 1.90. The minimum Gasteiger partial charge on any atom is -0.482 e. The number of carbonyl (C=O) groups is 2. The van der Waals surface area contributed by atoms with Gasteiger partial charge in [-0.3, -0.25) is 9.59 Å². The van der Waals surface area contributed by atoms with E-state index >= 15 is 0 Å². The van der Waals surface area contributed by atoms with Gasteiger partial charge in [0.1, 0.15) is 5.75 Å². The average Bonchev–Trinajstić information content (AvgIpc) is 2.73. The standard InChI is InChI=1S/C23H35N3O3/c1-3-19-8-4-5-13-25(19)14-7-12-24-22(27)9-6-15-26-20-16-18(2)10-11-21(20)29-17-23(26)28/h10-11,16,19H,3-9,12-15,17H2,1-2H3,(H,24,27). The first-order valence-electron chi connectivity index (χ1n) is 11.1. The van der Waals surface area contributed by atoms with Gasteiger partial charge in [-0.25, -0.2) is 0 Å². The number of rotatable bonds is 9. The van der Waals surface area contributed by atoms with Crippen molar-refractivity contribution in [1.82, 2.24) is 10.2 Å². The molecule has 2 aliphatic heterocycles. The first-order valence-corrected chi connectivity index (χ1v) is 11.1. The summed E-state index contributed by atoms with van der Waals surface area (Å²) in [4.78, 5) is 28.8. The molecule has 0 bridgehead atoms. The monoisotopic (exact) mass is 401 g/mol. The number of fused-ring (bicyclic) bond motifs is 1. The van der Waals surface area contributed by atoms with Gasteiger partial charge in [-0.1, -0.05) is 19.4 Å². The molecule has 0 spiro atoms. The van der Waals surface area contributed by atoms with Crippen LogP contribution in [0.5, 0.6) is 5.75 Å². The third kappa shape index (κ3) is 5.95. The van der Waals surface area contributed by atoms with Crippen molar-refractivity contribution in [3.05, 3.63) is 23.8 Å². The second kappa shape index (κ2) is 10.6. The maximum Gasteiger partial charge on any atom is 0.265 e. The fourth-order valence-electron chi connectivity index (χ4n) is 4.37. The molecule has 0 aromatic heterocycles. The molecule has 1 aromatic carbocycles. The van der Waals surface area contributed by atoms with Crippen molar-refractivity contribution in [2.75, 3.05) is 37.7 Å². The highest BCUT2D eigenvalue weighted by Gasteiger charge is 2.25. The molecule has 2 amide bonds. The molecule has 0 radical (unpaired) electrons. The fraction of sp³-hybridized carbons (Fsp3) is 0.652. The molecule has 160 valence electrons. The molecule has 2 aliphatic rings. The Morgan fingerprint density at radius 1 is 1.24 bits per heavy atom. The molecule has 1 fully saturated rings. The van der Waals surface area contributed by atoms with Crippen molar-refractivity contribution in [3.63, 3.8) is 0 Å². The van der Waals surface area contributed by atoms with Crippen LogP contribution >= 0.6 is 0 Å². The number of nitrogens with one attached hydrogen (secondary N) is 1. The third-order valence-corrected chi connectivity index (χ3v) is 6.01. The Labute approximate surface area is 174 Å². The van der Waals surface area contributed by atoms with E-state index in [1.807, 2.05) is 25.1 Å². The van der Waals surface area contributed by atoms with Crippen LogP contribution in [-0.2, 0) is 9.59 Å². The molecular weight excluding hydrogens is 366 g/mol. The van der Waals surface area contributed by atoms with Gasteiger partial charge in [-0.15, -0.1) is 0 Å². The van der Waals surface area contributed by atoms with Gasteiger partial charge in [-0.05, 0) is 63.3 Å². The Bertz CT molecular complexity index is 707. The lowest BCUT2D eigenvalue weighted by Gasteiger charge is -2.35. The molecule has 0 aliphatic carbocycles. The highest BCUT2D eigenvalue weighted by atomic mass is 16.5. The highest BCUT2D eigenvalue weighted by Crippen LogP contribution is 2.32. The number of aryl methyl sites for hydroxylation is 1. The minimum absolute atomic E-state index is 0.0458. The topological polar surface area (TPSA) is 61.9 Å². The van der Waals surface area contributed by atoms with Crippen molar-refractivity contribution in [2.45, 2.75) is 64.8 Å². The maximum absolute atomic E-state index is 12.3. The van der Waals surface area contributed by atoms with E-state index in [9.17, 15) is 9.59 Å². The van der Waals surface area contributed by atoms with E-state index in [4.69, 9.17) is 4.74 Å². The Balaban J connectivity index is 1.36. The molecule has 1 N–H and O–H groups in total. The van der Waals surface area contributed by atoms with Crippen LogP contribution in [0.3, 0.4) is 0 Å². The first kappa shape index (κ1) is 21.6. The zero-order valence-electron chi connectivity index (χ0n) is 17.9. The van der Waals surface area contributed by atoms with Crippen LogP contribution in [0.15, 0.2) is 18.2 Å². The number of anilines is 1. The summed E-state index contributed by atoms with van der Waals surface area (Å²) in [7, 11) is 0. The van der Waals surface area contributed by atoms with E-state index < -0.39 is 0 Å². The van der Waals surface area contributed by atoms with Gasteiger partial charge in [0.25, 0.3) is 5.91 Å². The molecule has 3 rings (SSSR count). The summed E-state index contributed by atoms with van der Waals surface area (Å²) in [5.74, 6) is 0.763. The van der Waals surface area contributed by atoms with Crippen LogP contribution in [0.25, 0.3) is 0 Å². The van der Waals surface area contributed by atoms with Gasteiger partial charge >= 0.3 is 0 Å². The number of piperidine rings is 1. The van der Waals surface area contributed by atoms with Crippen molar-refractivity contribution < 1.29 is 14.3 Å². The SMILES string of the molecule is CCC1CCCCN1CCCNC(=O)CCCN1C(=O)COc2ccc(C)cc21. The second-order valence-corrected chi connectivity index (χ2v) is 8.21. The lowest BCUT2D eigenvalue weighted by atomic mass is 10.00. The van der Waals surface area contributed by atoms with Crippen LogP contribution in [0.1, 0.15) is 57.4 Å². The van der Waals surface area contributed by atoms with E-state index in [1.54, 1.807) is 4.90 Å². The largest absolute Gasteiger partial charge is 0.482 e. The van der Waals surface area contributed by atoms with Gasteiger partial charge in [-0.2, -0.15) is 0 Å². The van der Waals surface area contributed by atoms with Crippen LogP contribution in [0.4, 0.5) is 5.69 Å². The molecule has 6 heteroatoms. The summed E-state index contributed by atoms with van der Waals surface area (Å²) < 4.78 is 5.50. The number of ether oxygens (including phenoxy) is 1. The molecular formula is C23H35N3O3. The number of likely N-dealkylation sites (tertiary alicyclic amines) is 1. The van der Waals surface area contributed by atoms with Crippen molar-refractivity contribution in [3.8, 4) is 5.75 Å². The van der Waals surface area contributed by atoms with Gasteiger partial charge in [0.05, 0.1) is 5.69 Å². The number of benzene rings is 1. The molecule has 1 atom stereocenters. The molecule has 1 aromatic rings. The summed E-state index contributed by atoms with van der Waals surface area (Å²) in [6.45, 7) is 7.86. The van der Waals surface area contributed by atoms with E-state index in [-0.39, 0.29) is 18.4 Å². The average molecular weight is 402 g/mol. The Morgan fingerprint density at radius 2 is 2.10 bits per heavy atom. The van der Waals surface area contributed by atoms with Crippen molar-refractivity contribution in [2.24, 2.45) is 0 Å². The zero-order chi connectivity index (χ0) is 20.6. The lowest BCUT2D eigenvalue weighted by molar-refractivity contribution is -0.122. The van der Waals surface area contributed by atoms with Crippen molar-refractivity contribution >= 4 is 17.5 Å². The third-order valence-electron chi connectivity index (χ3n) is 6.01. The Hall–Kier alpha value is -2.08. The number of amides is 2. The normalized spacial score (nSPS) is 19.6. The number of carbonyl (C=O) groups excluding carboxylic acids is 2. The number of nitrogens with zero attached hydrogens (tertiary/aromatic N) is 2. The zero-order valence-corrected chi connectivity index (χ0v) is 17.9. The van der Waals surface area contributed by atoms with Gasteiger partial charge in [0.15, 0.2) is 6.61 Å². The van der Waals surface area contributed by atoms with E-state index in [0.29, 0.717) is 19.4 Å². The van der Waals surface area contributed by atoms with Crippen LogP contribution in [0.2, 0.25) is 0 Å². The van der Waals surface area contributed by atoms with Gasteiger partial charge in [0, 0.05) is 32.1 Å². The fourth-order valence-corrected chi connectivity index (χ4v) is 4.37. The molecule has 0 saturated carbocycles. The predicted octanol–water partition coefficient (Wildman–Crippen LogP) is 3.27. The van der Waals surface area contributed by atoms with E-state index in [0.717, 1.165) is 42.6 Å². The smallest absolute Gasteiger partial charge is 0.265 e. The van der Waals surface area contributed by atoms with E-state index in [1.165, 1.54) is 32.2 Å². The number of hydrogen-bond acceptors (Lipinski definition) is 4. The highest BCUT2D eigenvalue weighted by molar-refractivity contribution is 5.97. The molecule has 1 unspecified atom stereocenters. The van der Waals surface area contributed by atoms with Crippen LogP contribution in [0, 0.1) is 6.92 Å². The van der Waals surface area contributed by atoms with E-state index in [2.05, 4.69) is 17.1 Å². The molecule has 6 nitrogen and oxygen atoms in total. The Morgan fingerprint density at radius 3 is 2.93 bits per heavy atom. The first-order chi connectivity index (χ1) is 14.1. The second-order valence-electron chi connectivity index (χ2n) is 8.21. The van der Waals surface area contributed by atoms with Crippen LogP contribution < -0.4 is 15.0 Å². The summed E-state index contributed by atoms with van der Waals surface area (Å²) >= 11 is 0. The summed E-state index contributed by atoms with van der Waals surface area (Å²) in [6.07, 6.45) is 7.26.